The molecule has 2 atom stereocenters. The predicted octanol–water partition coefficient (Wildman–Crippen LogP) is 3.84. The molecular formula is C27H26ClN5O4. The van der Waals surface area contributed by atoms with E-state index in [2.05, 4.69) is 25.5 Å². The van der Waals surface area contributed by atoms with E-state index >= 15 is 0 Å². The predicted molar refractivity (Wildman–Crippen MR) is 139 cm³/mol. The smallest absolute Gasteiger partial charge is 0.335 e. The lowest BCUT2D eigenvalue weighted by atomic mass is 9.97. The van der Waals surface area contributed by atoms with E-state index in [1.165, 1.54) is 6.20 Å². The maximum Gasteiger partial charge on any atom is 0.335 e. The average molecular weight is 520 g/mol. The van der Waals surface area contributed by atoms with Crippen molar-refractivity contribution in [1.82, 2.24) is 25.5 Å². The lowest BCUT2D eigenvalue weighted by Crippen LogP contribution is -2.41. The first-order chi connectivity index (χ1) is 17.9. The fraction of sp³-hybridized carbons (Fsp3) is 0.222. The number of H-pyrrole nitrogens is 1. The zero-order valence-electron chi connectivity index (χ0n) is 20.1. The number of aromatic nitrogens is 4. The molecule has 9 nitrogen and oxygen atoms in total. The molecule has 190 valence electrons. The number of halogens is 1. The number of amides is 1. The van der Waals surface area contributed by atoms with Gasteiger partial charge in [-0.05, 0) is 48.2 Å². The standard InChI is InChI=1S/C27H26ClN5O4/c1-2-37-27(36)25(34)14-21(12-17-6-8-18(9-7-17)19-4-3-5-20(28)13-19)31-26(35)23-15-22(32-33-23)24-16-29-10-11-30-24/h3-11,13,15-16,21,25,34H,2,12,14H2,1H3,(H,31,35)(H,32,33). The third-order valence-corrected chi connectivity index (χ3v) is 5.88. The maximum absolute atomic E-state index is 13.0. The molecule has 3 N–H and O–H groups in total. The zero-order chi connectivity index (χ0) is 26.2. The second kappa shape index (κ2) is 12.2. The Morgan fingerprint density at radius 2 is 1.89 bits per heavy atom. The van der Waals surface area contributed by atoms with Crippen molar-refractivity contribution < 1.29 is 19.4 Å². The number of carbonyl (C=O) groups is 2. The Balaban J connectivity index is 1.49. The topological polar surface area (TPSA) is 130 Å². The molecule has 2 aromatic heterocycles. The monoisotopic (exact) mass is 519 g/mol. The molecule has 0 aliphatic carbocycles. The van der Waals surface area contributed by atoms with Crippen molar-refractivity contribution >= 4 is 23.5 Å². The Labute approximate surface area is 218 Å². The van der Waals surface area contributed by atoms with Crippen LogP contribution in [0.5, 0.6) is 0 Å². The Morgan fingerprint density at radius 1 is 1.08 bits per heavy atom. The van der Waals surface area contributed by atoms with Crippen molar-refractivity contribution in [2.24, 2.45) is 0 Å². The Morgan fingerprint density at radius 3 is 2.59 bits per heavy atom. The van der Waals surface area contributed by atoms with Gasteiger partial charge in [0.05, 0.1) is 12.8 Å². The third kappa shape index (κ3) is 6.99. The fourth-order valence-corrected chi connectivity index (χ4v) is 4.04. The first-order valence-corrected chi connectivity index (χ1v) is 12.1. The van der Waals surface area contributed by atoms with E-state index in [4.69, 9.17) is 16.3 Å². The highest BCUT2D eigenvalue weighted by atomic mass is 35.5. The van der Waals surface area contributed by atoms with Crippen LogP contribution in [0.3, 0.4) is 0 Å². The molecule has 10 heteroatoms. The largest absolute Gasteiger partial charge is 0.464 e. The Kier molecular flexibility index (Phi) is 8.60. The van der Waals surface area contributed by atoms with Crippen molar-refractivity contribution in [3.8, 4) is 22.5 Å². The molecule has 2 aromatic carbocycles. The van der Waals surface area contributed by atoms with E-state index in [-0.39, 0.29) is 18.7 Å². The van der Waals surface area contributed by atoms with Crippen LogP contribution in [0.25, 0.3) is 22.5 Å². The molecular weight excluding hydrogens is 494 g/mol. The number of esters is 1. The number of carbonyl (C=O) groups excluding carboxylic acids is 2. The van der Waals surface area contributed by atoms with Gasteiger partial charge in [0.2, 0.25) is 0 Å². The van der Waals surface area contributed by atoms with Gasteiger partial charge in [-0.2, -0.15) is 5.10 Å². The molecule has 0 aliphatic heterocycles. The van der Waals surface area contributed by atoms with Crippen LogP contribution in [-0.4, -0.2) is 55.9 Å². The van der Waals surface area contributed by atoms with Gasteiger partial charge in [-0.1, -0.05) is 48.0 Å². The number of hydrogen-bond donors (Lipinski definition) is 3. The first-order valence-electron chi connectivity index (χ1n) is 11.7. The van der Waals surface area contributed by atoms with Crippen LogP contribution in [0.1, 0.15) is 29.4 Å². The third-order valence-electron chi connectivity index (χ3n) is 5.64. The number of nitrogens with zero attached hydrogens (tertiary/aromatic N) is 3. The van der Waals surface area contributed by atoms with Crippen molar-refractivity contribution in [2.75, 3.05) is 6.61 Å². The molecule has 2 heterocycles. The lowest BCUT2D eigenvalue weighted by molar-refractivity contribution is -0.153. The molecule has 0 saturated carbocycles. The summed E-state index contributed by atoms with van der Waals surface area (Å²) in [5, 5.41) is 20.8. The van der Waals surface area contributed by atoms with Crippen molar-refractivity contribution in [3.05, 3.63) is 89.5 Å². The summed E-state index contributed by atoms with van der Waals surface area (Å²) >= 11 is 6.11. The number of ether oxygens (including phenoxy) is 1. The van der Waals surface area contributed by atoms with Gasteiger partial charge in [0.15, 0.2) is 6.10 Å². The van der Waals surface area contributed by atoms with Crippen LogP contribution in [0.4, 0.5) is 0 Å². The number of aliphatic hydroxyl groups excluding tert-OH is 1. The molecule has 37 heavy (non-hydrogen) atoms. The molecule has 0 fully saturated rings. The van der Waals surface area contributed by atoms with E-state index in [0.29, 0.717) is 22.8 Å². The van der Waals surface area contributed by atoms with E-state index < -0.39 is 24.0 Å². The van der Waals surface area contributed by atoms with Crippen LogP contribution in [-0.2, 0) is 16.0 Å². The second-order valence-corrected chi connectivity index (χ2v) is 8.78. The summed E-state index contributed by atoms with van der Waals surface area (Å²) in [4.78, 5) is 33.2. The van der Waals surface area contributed by atoms with Crippen LogP contribution >= 0.6 is 11.6 Å². The molecule has 4 rings (SSSR count). The highest BCUT2D eigenvalue weighted by Crippen LogP contribution is 2.24. The van der Waals surface area contributed by atoms with Crippen LogP contribution in [0.15, 0.2) is 73.2 Å². The number of nitrogens with one attached hydrogen (secondary N) is 2. The Hall–Kier alpha value is -4.08. The lowest BCUT2D eigenvalue weighted by Gasteiger charge is -2.21. The summed E-state index contributed by atoms with van der Waals surface area (Å²) in [7, 11) is 0. The molecule has 0 radical (unpaired) electrons. The van der Waals surface area contributed by atoms with E-state index in [1.807, 2.05) is 48.5 Å². The molecule has 1 amide bonds. The van der Waals surface area contributed by atoms with E-state index in [1.54, 1.807) is 25.4 Å². The number of rotatable bonds is 10. The molecule has 2 unspecified atom stereocenters. The van der Waals surface area contributed by atoms with Gasteiger partial charge in [-0.25, -0.2) is 4.79 Å². The van der Waals surface area contributed by atoms with Crippen LogP contribution in [0.2, 0.25) is 5.02 Å². The average Bonchev–Trinajstić information content (AvgIpc) is 3.40. The van der Waals surface area contributed by atoms with Crippen molar-refractivity contribution in [3.63, 3.8) is 0 Å². The number of hydrogen-bond acceptors (Lipinski definition) is 7. The van der Waals surface area contributed by atoms with Gasteiger partial charge in [0.25, 0.3) is 5.91 Å². The minimum absolute atomic E-state index is 0.0221. The summed E-state index contributed by atoms with van der Waals surface area (Å²) in [5.41, 5.74) is 4.10. The summed E-state index contributed by atoms with van der Waals surface area (Å²) in [6.07, 6.45) is 3.60. The maximum atomic E-state index is 13.0. The summed E-state index contributed by atoms with van der Waals surface area (Å²) < 4.78 is 4.93. The SMILES string of the molecule is CCOC(=O)C(O)CC(Cc1ccc(-c2cccc(Cl)c2)cc1)NC(=O)c1cc(-c2cnccn2)n[nH]1. The molecule has 0 saturated heterocycles. The molecule has 4 aromatic rings. The van der Waals surface area contributed by atoms with Crippen molar-refractivity contribution in [2.45, 2.75) is 31.9 Å². The first kappa shape index (κ1) is 26.0. The summed E-state index contributed by atoms with van der Waals surface area (Å²) in [6.45, 7) is 1.81. The molecule has 0 aliphatic rings. The van der Waals surface area contributed by atoms with Gasteiger partial charge in [-0.3, -0.25) is 19.9 Å². The van der Waals surface area contributed by atoms with E-state index in [9.17, 15) is 14.7 Å². The quantitative estimate of drug-likeness (QED) is 0.271. The Bertz CT molecular complexity index is 1340. The van der Waals surface area contributed by atoms with Crippen molar-refractivity contribution in [1.29, 1.82) is 0 Å². The molecule has 0 bridgehead atoms. The molecule has 0 spiro atoms. The highest BCUT2D eigenvalue weighted by molar-refractivity contribution is 6.30. The normalized spacial score (nSPS) is 12.5. The fourth-order valence-electron chi connectivity index (χ4n) is 3.85. The minimum Gasteiger partial charge on any atom is -0.464 e. The van der Waals surface area contributed by atoms with Crippen LogP contribution in [0, 0.1) is 0 Å². The second-order valence-electron chi connectivity index (χ2n) is 8.34. The highest BCUT2D eigenvalue weighted by Gasteiger charge is 2.24. The zero-order valence-corrected chi connectivity index (χ0v) is 20.9. The number of aromatic amines is 1. The summed E-state index contributed by atoms with van der Waals surface area (Å²) in [6, 6.07) is 16.4. The van der Waals surface area contributed by atoms with Gasteiger partial charge in [0.1, 0.15) is 17.1 Å². The minimum atomic E-state index is -1.38. The number of aliphatic hydroxyl groups is 1. The van der Waals surface area contributed by atoms with E-state index in [0.717, 1.165) is 16.7 Å². The number of benzene rings is 2. The van der Waals surface area contributed by atoms with Gasteiger partial charge in [0, 0.05) is 29.9 Å². The van der Waals surface area contributed by atoms with Gasteiger partial charge in [-0.15, -0.1) is 0 Å². The summed E-state index contributed by atoms with van der Waals surface area (Å²) in [5.74, 6) is -1.16. The van der Waals surface area contributed by atoms with Gasteiger partial charge < -0.3 is 15.2 Å². The van der Waals surface area contributed by atoms with Gasteiger partial charge >= 0.3 is 5.97 Å². The van der Waals surface area contributed by atoms with Crippen LogP contribution < -0.4 is 5.32 Å².